The SMILES string of the molecule is Nc1ccc(-c2ccc(N3CC(CCl)CC3=O)cc2)cc1. The Labute approximate surface area is 129 Å². The normalized spacial score (nSPS) is 18.2. The van der Waals surface area contributed by atoms with Crippen LogP contribution in [-0.4, -0.2) is 18.3 Å². The fraction of sp³-hybridized carbons (Fsp3) is 0.235. The standard InChI is InChI=1S/C17H17ClN2O/c18-10-12-9-17(21)20(11-12)16-7-3-14(4-8-16)13-1-5-15(19)6-2-13/h1-8,12H,9-11,19H2. The van der Waals surface area contributed by atoms with Crippen molar-refractivity contribution in [3.63, 3.8) is 0 Å². The highest BCUT2D eigenvalue weighted by molar-refractivity contribution is 6.18. The van der Waals surface area contributed by atoms with Crippen molar-refractivity contribution in [2.45, 2.75) is 6.42 Å². The second-order valence-electron chi connectivity index (χ2n) is 5.40. The van der Waals surface area contributed by atoms with Gasteiger partial charge in [0.1, 0.15) is 0 Å². The zero-order valence-corrected chi connectivity index (χ0v) is 12.4. The van der Waals surface area contributed by atoms with Crippen molar-refractivity contribution < 1.29 is 4.79 Å². The third kappa shape index (κ3) is 2.88. The van der Waals surface area contributed by atoms with Crippen molar-refractivity contribution in [3.8, 4) is 11.1 Å². The van der Waals surface area contributed by atoms with Gasteiger partial charge in [0.2, 0.25) is 5.91 Å². The molecule has 0 aromatic heterocycles. The van der Waals surface area contributed by atoms with E-state index in [9.17, 15) is 4.79 Å². The summed E-state index contributed by atoms with van der Waals surface area (Å²) in [6.07, 6.45) is 0.545. The number of nitrogen functional groups attached to an aromatic ring is 1. The van der Waals surface area contributed by atoms with Crippen LogP contribution in [0, 0.1) is 5.92 Å². The van der Waals surface area contributed by atoms with E-state index < -0.39 is 0 Å². The van der Waals surface area contributed by atoms with Gasteiger partial charge < -0.3 is 10.6 Å². The van der Waals surface area contributed by atoms with Crippen LogP contribution in [0.1, 0.15) is 6.42 Å². The summed E-state index contributed by atoms with van der Waals surface area (Å²) >= 11 is 5.85. The molecular formula is C17H17ClN2O. The van der Waals surface area contributed by atoms with Crippen LogP contribution in [0.15, 0.2) is 48.5 Å². The Morgan fingerprint density at radius 2 is 1.62 bits per heavy atom. The van der Waals surface area contributed by atoms with Crippen molar-refractivity contribution in [3.05, 3.63) is 48.5 Å². The molecule has 4 heteroatoms. The molecule has 1 aliphatic rings. The van der Waals surface area contributed by atoms with Crippen molar-refractivity contribution in [2.75, 3.05) is 23.1 Å². The minimum absolute atomic E-state index is 0.154. The van der Waals surface area contributed by atoms with E-state index in [0.717, 1.165) is 22.5 Å². The summed E-state index contributed by atoms with van der Waals surface area (Å²) in [5.41, 5.74) is 9.61. The van der Waals surface area contributed by atoms with E-state index in [4.69, 9.17) is 17.3 Å². The van der Waals surface area contributed by atoms with Gasteiger partial charge in [-0.2, -0.15) is 0 Å². The number of rotatable bonds is 3. The van der Waals surface area contributed by atoms with Gasteiger partial charge in [-0.05, 0) is 41.3 Å². The molecule has 1 fully saturated rings. The van der Waals surface area contributed by atoms with E-state index >= 15 is 0 Å². The maximum Gasteiger partial charge on any atom is 0.227 e. The van der Waals surface area contributed by atoms with Gasteiger partial charge in [0, 0.05) is 30.2 Å². The maximum atomic E-state index is 12.0. The lowest BCUT2D eigenvalue weighted by Gasteiger charge is -2.17. The molecule has 1 saturated heterocycles. The van der Waals surface area contributed by atoms with Crippen LogP contribution in [0.3, 0.4) is 0 Å². The van der Waals surface area contributed by atoms with Crippen molar-refractivity contribution in [2.24, 2.45) is 5.92 Å². The van der Waals surface area contributed by atoms with Crippen LogP contribution in [0.5, 0.6) is 0 Å². The number of anilines is 2. The highest BCUT2D eigenvalue weighted by Gasteiger charge is 2.29. The van der Waals surface area contributed by atoms with Gasteiger partial charge in [-0.15, -0.1) is 11.6 Å². The highest BCUT2D eigenvalue weighted by Crippen LogP contribution is 2.28. The molecule has 2 aromatic rings. The van der Waals surface area contributed by atoms with Crippen molar-refractivity contribution in [1.82, 2.24) is 0 Å². The van der Waals surface area contributed by atoms with Gasteiger partial charge in [0.15, 0.2) is 0 Å². The van der Waals surface area contributed by atoms with E-state index in [1.165, 1.54) is 0 Å². The minimum atomic E-state index is 0.154. The maximum absolute atomic E-state index is 12.0. The number of nitrogens with zero attached hydrogens (tertiary/aromatic N) is 1. The number of halogens is 1. The molecule has 3 nitrogen and oxygen atoms in total. The van der Waals surface area contributed by atoms with E-state index in [1.807, 2.05) is 53.4 Å². The Hall–Kier alpha value is -2.00. The number of benzene rings is 2. The predicted octanol–water partition coefficient (Wildman–Crippen LogP) is 3.53. The topological polar surface area (TPSA) is 46.3 Å². The summed E-state index contributed by atoms with van der Waals surface area (Å²) in [7, 11) is 0. The van der Waals surface area contributed by atoms with Gasteiger partial charge >= 0.3 is 0 Å². The fourth-order valence-electron chi connectivity index (χ4n) is 2.64. The number of amides is 1. The zero-order chi connectivity index (χ0) is 14.8. The molecule has 0 aliphatic carbocycles. The van der Waals surface area contributed by atoms with Gasteiger partial charge in [0.05, 0.1) is 0 Å². The fourth-order valence-corrected chi connectivity index (χ4v) is 2.85. The molecule has 0 spiro atoms. The molecule has 2 N–H and O–H groups in total. The largest absolute Gasteiger partial charge is 0.399 e. The van der Waals surface area contributed by atoms with E-state index in [2.05, 4.69) is 0 Å². The molecule has 1 amide bonds. The van der Waals surface area contributed by atoms with E-state index in [1.54, 1.807) is 0 Å². The second-order valence-corrected chi connectivity index (χ2v) is 5.71. The predicted molar refractivity (Wildman–Crippen MR) is 87.5 cm³/mol. The molecule has 1 heterocycles. The number of hydrogen-bond acceptors (Lipinski definition) is 2. The first-order chi connectivity index (χ1) is 10.2. The summed E-state index contributed by atoms with van der Waals surface area (Å²) in [5.74, 6) is 0.947. The number of carbonyl (C=O) groups excluding carboxylic acids is 1. The molecule has 3 rings (SSSR count). The van der Waals surface area contributed by atoms with Crippen LogP contribution < -0.4 is 10.6 Å². The summed E-state index contributed by atoms with van der Waals surface area (Å²) < 4.78 is 0. The number of alkyl halides is 1. The molecule has 108 valence electrons. The second kappa shape index (κ2) is 5.78. The van der Waals surface area contributed by atoms with Crippen molar-refractivity contribution >= 4 is 28.9 Å². The van der Waals surface area contributed by atoms with E-state index in [-0.39, 0.29) is 11.8 Å². The summed E-state index contributed by atoms with van der Waals surface area (Å²) in [4.78, 5) is 13.8. The third-order valence-corrected chi connectivity index (χ3v) is 4.28. The number of nitrogens with two attached hydrogens (primary N) is 1. The summed E-state index contributed by atoms with van der Waals surface area (Å²) in [5, 5.41) is 0. The molecule has 1 atom stereocenters. The molecule has 0 saturated carbocycles. The van der Waals surface area contributed by atoms with Crippen LogP contribution in [0.2, 0.25) is 0 Å². The Morgan fingerprint density at radius 3 is 2.14 bits per heavy atom. The van der Waals surface area contributed by atoms with Gasteiger partial charge in [-0.3, -0.25) is 4.79 Å². The lowest BCUT2D eigenvalue weighted by molar-refractivity contribution is -0.117. The highest BCUT2D eigenvalue weighted by atomic mass is 35.5. The quantitative estimate of drug-likeness (QED) is 0.696. The average molecular weight is 301 g/mol. The lowest BCUT2D eigenvalue weighted by Crippen LogP contribution is -2.24. The van der Waals surface area contributed by atoms with Gasteiger partial charge in [0.25, 0.3) is 0 Å². The Morgan fingerprint density at radius 1 is 1.05 bits per heavy atom. The Bertz CT molecular complexity index is 637. The van der Waals surface area contributed by atoms with Gasteiger partial charge in [-0.1, -0.05) is 24.3 Å². The average Bonchev–Trinajstić information content (AvgIpc) is 2.89. The summed E-state index contributed by atoms with van der Waals surface area (Å²) in [6.45, 7) is 0.712. The first kappa shape index (κ1) is 14.0. The molecular weight excluding hydrogens is 284 g/mol. The lowest BCUT2D eigenvalue weighted by atomic mass is 10.0. The van der Waals surface area contributed by atoms with Gasteiger partial charge in [-0.25, -0.2) is 0 Å². The zero-order valence-electron chi connectivity index (χ0n) is 11.6. The molecule has 0 radical (unpaired) electrons. The van der Waals surface area contributed by atoms with Crippen LogP contribution >= 0.6 is 11.6 Å². The first-order valence-electron chi connectivity index (χ1n) is 6.99. The van der Waals surface area contributed by atoms with E-state index in [0.29, 0.717) is 18.8 Å². The molecule has 2 aromatic carbocycles. The molecule has 0 bridgehead atoms. The van der Waals surface area contributed by atoms with Crippen LogP contribution in [0.25, 0.3) is 11.1 Å². The molecule has 1 aliphatic heterocycles. The third-order valence-electron chi connectivity index (χ3n) is 3.85. The minimum Gasteiger partial charge on any atom is -0.399 e. The van der Waals surface area contributed by atoms with Crippen LogP contribution in [0.4, 0.5) is 11.4 Å². The first-order valence-corrected chi connectivity index (χ1v) is 7.53. The monoisotopic (exact) mass is 300 g/mol. The smallest absolute Gasteiger partial charge is 0.227 e. The number of hydrogen-bond donors (Lipinski definition) is 1. The molecule has 1 unspecified atom stereocenters. The number of carbonyl (C=O) groups is 1. The summed E-state index contributed by atoms with van der Waals surface area (Å²) in [6, 6.07) is 15.8. The Kier molecular flexibility index (Phi) is 3.84. The molecule has 21 heavy (non-hydrogen) atoms. The Balaban J connectivity index is 1.81. The van der Waals surface area contributed by atoms with Crippen molar-refractivity contribution in [1.29, 1.82) is 0 Å². The van der Waals surface area contributed by atoms with Crippen LogP contribution in [-0.2, 0) is 4.79 Å².